The zero-order valence-corrected chi connectivity index (χ0v) is 14.3. The minimum absolute atomic E-state index is 0.0446. The first-order valence-corrected chi connectivity index (χ1v) is 8.85. The Hall–Kier alpha value is -2.67. The molecule has 0 radical (unpaired) electrons. The van der Waals surface area contributed by atoms with Crippen LogP contribution in [0, 0.1) is 12.7 Å². The van der Waals surface area contributed by atoms with Gasteiger partial charge in [-0.05, 0) is 42.8 Å². The standard InChI is InChI=1S/C18H15FN4OS/c1-11-16-17(12-3-2-8-20-9-12)25-10-15(24)21-18(16)23(22-11)14-6-4-13(19)5-7-14/h2-9,17H,10H2,1H3,(H,21,24)/t17-/m1/s1. The highest BCUT2D eigenvalue weighted by Crippen LogP contribution is 2.43. The summed E-state index contributed by atoms with van der Waals surface area (Å²) < 4.78 is 14.9. The summed E-state index contributed by atoms with van der Waals surface area (Å²) in [5.41, 5.74) is 3.49. The quantitative estimate of drug-likeness (QED) is 0.765. The first kappa shape index (κ1) is 15.8. The third-order valence-electron chi connectivity index (χ3n) is 4.07. The van der Waals surface area contributed by atoms with Crippen LogP contribution >= 0.6 is 11.8 Å². The van der Waals surface area contributed by atoms with Crippen molar-refractivity contribution in [2.75, 3.05) is 11.1 Å². The molecular weight excluding hydrogens is 339 g/mol. The van der Waals surface area contributed by atoms with Crippen LogP contribution in [0.3, 0.4) is 0 Å². The topological polar surface area (TPSA) is 59.8 Å². The summed E-state index contributed by atoms with van der Waals surface area (Å²) in [6.45, 7) is 1.92. The fraction of sp³-hybridized carbons (Fsp3) is 0.167. The molecule has 1 atom stereocenters. The van der Waals surface area contributed by atoms with E-state index in [4.69, 9.17) is 0 Å². The number of thioether (sulfide) groups is 1. The van der Waals surface area contributed by atoms with Gasteiger partial charge in [0.1, 0.15) is 11.6 Å². The molecule has 126 valence electrons. The van der Waals surface area contributed by atoms with Gasteiger partial charge in [0, 0.05) is 18.0 Å². The van der Waals surface area contributed by atoms with Crippen LogP contribution in [-0.2, 0) is 4.79 Å². The Bertz CT molecular complexity index is 924. The van der Waals surface area contributed by atoms with Crippen LogP contribution in [-0.4, -0.2) is 26.4 Å². The lowest BCUT2D eigenvalue weighted by Crippen LogP contribution is -2.15. The van der Waals surface area contributed by atoms with Crippen LogP contribution in [0.15, 0.2) is 48.8 Å². The Labute approximate surface area is 148 Å². The molecule has 0 aliphatic carbocycles. The van der Waals surface area contributed by atoms with Crippen molar-refractivity contribution in [1.82, 2.24) is 14.8 Å². The number of hydrogen-bond acceptors (Lipinski definition) is 4. The van der Waals surface area contributed by atoms with E-state index in [2.05, 4.69) is 15.4 Å². The van der Waals surface area contributed by atoms with Crippen LogP contribution in [0.5, 0.6) is 0 Å². The number of amides is 1. The molecule has 0 bridgehead atoms. The monoisotopic (exact) mass is 354 g/mol. The van der Waals surface area contributed by atoms with Crippen molar-refractivity contribution in [3.05, 3.63) is 71.4 Å². The van der Waals surface area contributed by atoms with Crippen molar-refractivity contribution in [2.24, 2.45) is 0 Å². The molecule has 0 spiro atoms. The summed E-state index contributed by atoms with van der Waals surface area (Å²) in [6, 6.07) is 9.93. The van der Waals surface area contributed by atoms with Gasteiger partial charge < -0.3 is 5.32 Å². The number of hydrogen-bond donors (Lipinski definition) is 1. The van der Waals surface area contributed by atoms with Crippen LogP contribution in [0.2, 0.25) is 0 Å². The molecule has 5 nitrogen and oxygen atoms in total. The summed E-state index contributed by atoms with van der Waals surface area (Å²) in [7, 11) is 0. The molecule has 4 rings (SSSR count). The predicted molar refractivity (Wildman–Crippen MR) is 95.4 cm³/mol. The van der Waals surface area contributed by atoms with Gasteiger partial charge in [-0.15, -0.1) is 11.8 Å². The van der Waals surface area contributed by atoms with Crippen LogP contribution in [0.1, 0.15) is 22.1 Å². The number of nitrogens with zero attached hydrogens (tertiary/aromatic N) is 3. The number of aryl methyl sites for hydroxylation is 1. The largest absolute Gasteiger partial charge is 0.310 e. The van der Waals surface area contributed by atoms with E-state index in [0.29, 0.717) is 17.3 Å². The van der Waals surface area contributed by atoms with Crippen molar-refractivity contribution in [2.45, 2.75) is 12.2 Å². The maximum Gasteiger partial charge on any atom is 0.235 e. The third kappa shape index (κ3) is 2.91. The molecule has 3 aromatic rings. The highest BCUT2D eigenvalue weighted by molar-refractivity contribution is 8.00. The number of fused-ring (bicyclic) bond motifs is 1. The average Bonchev–Trinajstić information content (AvgIpc) is 2.83. The van der Waals surface area contributed by atoms with Crippen LogP contribution < -0.4 is 5.32 Å². The first-order valence-electron chi connectivity index (χ1n) is 7.80. The molecular formula is C18H15FN4OS. The van der Waals surface area contributed by atoms with E-state index in [1.165, 1.54) is 12.1 Å². The lowest BCUT2D eigenvalue weighted by atomic mass is 10.1. The molecule has 7 heteroatoms. The van der Waals surface area contributed by atoms with Crippen molar-refractivity contribution >= 4 is 23.5 Å². The van der Waals surface area contributed by atoms with Gasteiger partial charge >= 0.3 is 0 Å². The van der Waals surface area contributed by atoms with E-state index < -0.39 is 0 Å². The third-order valence-corrected chi connectivity index (χ3v) is 5.34. The molecule has 1 aliphatic heterocycles. The Balaban J connectivity index is 1.89. The van der Waals surface area contributed by atoms with Gasteiger partial charge in [-0.1, -0.05) is 6.07 Å². The fourth-order valence-electron chi connectivity index (χ4n) is 2.95. The minimum atomic E-state index is -0.313. The highest BCUT2D eigenvalue weighted by atomic mass is 32.2. The molecule has 1 N–H and O–H groups in total. The highest BCUT2D eigenvalue weighted by Gasteiger charge is 2.30. The number of carbonyl (C=O) groups excluding carboxylic acids is 1. The Kier molecular flexibility index (Phi) is 4.01. The van der Waals surface area contributed by atoms with Crippen LogP contribution in [0.25, 0.3) is 5.69 Å². The van der Waals surface area contributed by atoms with Gasteiger partial charge in [0.25, 0.3) is 0 Å². The fourth-order valence-corrected chi connectivity index (χ4v) is 4.12. The van der Waals surface area contributed by atoms with Crippen LogP contribution in [0.4, 0.5) is 10.2 Å². The summed E-state index contributed by atoms with van der Waals surface area (Å²) in [5.74, 6) is 0.581. The molecule has 2 aromatic heterocycles. The van der Waals surface area contributed by atoms with Gasteiger partial charge in [-0.2, -0.15) is 5.10 Å². The van der Waals surface area contributed by atoms with E-state index in [1.54, 1.807) is 34.8 Å². The smallest absolute Gasteiger partial charge is 0.235 e. The first-order chi connectivity index (χ1) is 12.1. The van der Waals surface area contributed by atoms with Gasteiger partial charge in [-0.3, -0.25) is 9.78 Å². The van der Waals surface area contributed by atoms with Gasteiger partial charge in [0.2, 0.25) is 5.91 Å². The number of pyridine rings is 1. The molecule has 1 aliphatic rings. The molecule has 3 heterocycles. The SMILES string of the molecule is Cc1nn(-c2ccc(F)cc2)c2c1[C@@H](c1cccnc1)SCC(=O)N2. The summed E-state index contributed by atoms with van der Waals surface area (Å²) in [4.78, 5) is 16.4. The van der Waals surface area contributed by atoms with Gasteiger partial charge in [0.15, 0.2) is 0 Å². The average molecular weight is 354 g/mol. The number of halogens is 1. The number of rotatable bonds is 2. The molecule has 1 amide bonds. The molecule has 0 fully saturated rings. The lowest BCUT2D eigenvalue weighted by molar-refractivity contribution is -0.113. The van der Waals surface area contributed by atoms with Crippen molar-refractivity contribution in [3.8, 4) is 5.69 Å². The summed E-state index contributed by atoms with van der Waals surface area (Å²) >= 11 is 1.55. The van der Waals surface area contributed by atoms with E-state index >= 15 is 0 Å². The number of anilines is 1. The molecule has 0 unspecified atom stereocenters. The van der Waals surface area contributed by atoms with Gasteiger partial charge in [-0.25, -0.2) is 9.07 Å². The van der Waals surface area contributed by atoms with E-state index in [-0.39, 0.29) is 17.0 Å². The maximum absolute atomic E-state index is 13.2. The van der Waals surface area contributed by atoms with Crippen molar-refractivity contribution in [3.63, 3.8) is 0 Å². The second-order valence-electron chi connectivity index (χ2n) is 5.76. The van der Waals surface area contributed by atoms with Crippen molar-refractivity contribution in [1.29, 1.82) is 0 Å². The second kappa shape index (κ2) is 6.33. The van der Waals surface area contributed by atoms with Gasteiger partial charge in [0.05, 0.1) is 22.4 Å². The predicted octanol–water partition coefficient (Wildman–Crippen LogP) is 3.49. The molecule has 0 saturated heterocycles. The maximum atomic E-state index is 13.2. The van der Waals surface area contributed by atoms with E-state index in [9.17, 15) is 9.18 Å². The number of nitrogens with one attached hydrogen (secondary N) is 1. The Morgan fingerprint density at radius 2 is 2.08 bits per heavy atom. The molecule has 25 heavy (non-hydrogen) atoms. The molecule has 0 saturated carbocycles. The zero-order valence-electron chi connectivity index (χ0n) is 13.4. The molecule has 1 aromatic carbocycles. The normalized spacial score (nSPS) is 16.9. The Morgan fingerprint density at radius 1 is 1.28 bits per heavy atom. The Morgan fingerprint density at radius 3 is 2.80 bits per heavy atom. The zero-order chi connectivity index (χ0) is 17.4. The lowest BCUT2D eigenvalue weighted by Gasteiger charge is -2.14. The number of aromatic nitrogens is 3. The van der Waals surface area contributed by atoms with Crippen molar-refractivity contribution < 1.29 is 9.18 Å². The summed E-state index contributed by atoms with van der Waals surface area (Å²) in [6.07, 6.45) is 3.54. The second-order valence-corrected chi connectivity index (χ2v) is 6.85. The van der Waals surface area contributed by atoms with E-state index in [1.807, 2.05) is 25.3 Å². The number of benzene rings is 1. The van der Waals surface area contributed by atoms with E-state index in [0.717, 1.165) is 16.8 Å². The number of carbonyl (C=O) groups is 1. The summed E-state index contributed by atoms with van der Waals surface area (Å²) in [5, 5.41) is 7.50. The minimum Gasteiger partial charge on any atom is -0.310 e.